The number of nitrogens with zero attached hydrogens (tertiary/aromatic N) is 1. The van der Waals surface area contributed by atoms with Gasteiger partial charge in [0, 0.05) is 18.2 Å². The van der Waals surface area contributed by atoms with Crippen molar-refractivity contribution in [2.45, 2.75) is 12.7 Å². The average molecular weight is 398 g/mol. The Hall–Kier alpha value is -3.23. The summed E-state index contributed by atoms with van der Waals surface area (Å²) in [6.45, 7) is -0.187. The summed E-state index contributed by atoms with van der Waals surface area (Å²) in [7, 11) is 0. The molecule has 1 heterocycles. The van der Waals surface area contributed by atoms with E-state index in [9.17, 15) is 26.3 Å². The van der Waals surface area contributed by atoms with Gasteiger partial charge in [0.25, 0.3) is 0 Å². The highest BCUT2D eigenvalue weighted by Gasteiger charge is 2.34. The highest BCUT2D eigenvalue weighted by atomic mass is 19.4. The van der Waals surface area contributed by atoms with Gasteiger partial charge in [-0.25, -0.2) is 18.2 Å². The molecule has 28 heavy (non-hydrogen) atoms. The van der Waals surface area contributed by atoms with E-state index >= 15 is 0 Å². The molecule has 0 aliphatic rings. The fourth-order valence-corrected chi connectivity index (χ4v) is 2.37. The molecule has 0 amide bonds. The lowest BCUT2D eigenvalue weighted by Gasteiger charge is -2.14. The van der Waals surface area contributed by atoms with Gasteiger partial charge in [-0.2, -0.15) is 13.2 Å². The van der Waals surface area contributed by atoms with Crippen LogP contribution in [0.2, 0.25) is 0 Å². The molecule has 1 N–H and O–H groups in total. The molecule has 0 spiro atoms. The van der Waals surface area contributed by atoms with E-state index < -0.39 is 34.9 Å². The first-order valence-corrected chi connectivity index (χ1v) is 7.91. The van der Waals surface area contributed by atoms with Gasteiger partial charge in [-0.05, 0) is 36.4 Å². The summed E-state index contributed by atoms with van der Waals surface area (Å²) in [5, 5.41) is 2.69. The van der Waals surface area contributed by atoms with Crippen molar-refractivity contribution in [2.24, 2.45) is 0 Å². The fourth-order valence-electron chi connectivity index (χ4n) is 2.37. The van der Waals surface area contributed by atoms with Crippen LogP contribution in [-0.2, 0) is 12.7 Å². The van der Waals surface area contributed by atoms with Crippen molar-refractivity contribution >= 4 is 5.82 Å². The Balaban J connectivity index is 1.73. The fraction of sp³-hybridized carbons (Fsp3) is 0.105. The van der Waals surface area contributed by atoms with Crippen LogP contribution in [0.15, 0.2) is 54.7 Å². The van der Waals surface area contributed by atoms with E-state index in [0.717, 1.165) is 18.3 Å². The van der Waals surface area contributed by atoms with Crippen molar-refractivity contribution in [3.05, 3.63) is 83.3 Å². The lowest BCUT2D eigenvalue weighted by atomic mass is 10.2. The Labute approximate surface area is 155 Å². The number of rotatable bonds is 5. The quantitative estimate of drug-likeness (QED) is 0.542. The van der Waals surface area contributed by atoms with Crippen molar-refractivity contribution in [1.29, 1.82) is 0 Å². The van der Waals surface area contributed by atoms with Crippen molar-refractivity contribution in [3.63, 3.8) is 0 Å². The van der Waals surface area contributed by atoms with Crippen molar-refractivity contribution in [2.75, 3.05) is 5.32 Å². The Morgan fingerprint density at radius 1 is 0.929 bits per heavy atom. The number of hydrogen-bond acceptors (Lipinski definition) is 3. The average Bonchev–Trinajstić information content (AvgIpc) is 2.62. The van der Waals surface area contributed by atoms with Gasteiger partial charge in [0.2, 0.25) is 0 Å². The van der Waals surface area contributed by atoms with E-state index in [2.05, 4.69) is 10.3 Å². The largest absolute Gasteiger partial charge is 0.455 e. The SMILES string of the molecule is Fc1ccc(C(F)(F)F)c(Oc2ccc(NCc3c(F)cccc3F)nc2)c1. The molecule has 0 saturated carbocycles. The number of anilines is 1. The van der Waals surface area contributed by atoms with Crippen LogP contribution < -0.4 is 10.1 Å². The zero-order chi connectivity index (χ0) is 20.3. The second kappa shape index (κ2) is 7.79. The highest BCUT2D eigenvalue weighted by molar-refractivity contribution is 5.43. The second-order valence-corrected chi connectivity index (χ2v) is 5.67. The summed E-state index contributed by atoms with van der Waals surface area (Å²) < 4.78 is 84.5. The van der Waals surface area contributed by atoms with Crippen LogP contribution in [0, 0.1) is 17.5 Å². The molecule has 3 aromatic rings. The normalized spacial score (nSPS) is 11.4. The van der Waals surface area contributed by atoms with Crippen LogP contribution in [-0.4, -0.2) is 4.98 Å². The number of hydrogen-bond donors (Lipinski definition) is 1. The third-order valence-corrected chi connectivity index (χ3v) is 3.72. The van der Waals surface area contributed by atoms with Crippen molar-refractivity contribution < 1.29 is 31.1 Å². The van der Waals surface area contributed by atoms with E-state index in [-0.39, 0.29) is 23.7 Å². The van der Waals surface area contributed by atoms with Gasteiger partial charge in [-0.15, -0.1) is 0 Å². The van der Waals surface area contributed by atoms with Crippen LogP contribution >= 0.6 is 0 Å². The van der Waals surface area contributed by atoms with E-state index in [0.29, 0.717) is 18.2 Å². The zero-order valence-electron chi connectivity index (χ0n) is 14.0. The number of alkyl halides is 3. The zero-order valence-corrected chi connectivity index (χ0v) is 14.0. The summed E-state index contributed by atoms with van der Waals surface area (Å²) in [6, 6.07) is 7.98. The van der Waals surface area contributed by atoms with Gasteiger partial charge in [-0.1, -0.05) is 6.07 Å². The van der Waals surface area contributed by atoms with Crippen molar-refractivity contribution in [1.82, 2.24) is 4.98 Å². The van der Waals surface area contributed by atoms with Crippen LogP contribution in [0.3, 0.4) is 0 Å². The first-order valence-electron chi connectivity index (χ1n) is 7.91. The molecular formula is C19H12F6N2O. The monoisotopic (exact) mass is 398 g/mol. The topological polar surface area (TPSA) is 34.1 Å². The molecule has 0 bridgehead atoms. The Morgan fingerprint density at radius 2 is 1.64 bits per heavy atom. The number of aromatic nitrogens is 1. The second-order valence-electron chi connectivity index (χ2n) is 5.67. The third-order valence-electron chi connectivity index (χ3n) is 3.72. The number of pyridine rings is 1. The standard InChI is InChI=1S/C19H12F6N2O/c20-11-4-6-14(19(23,24)25)17(8-11)28-12-5-7-18(26-9-12)27-10-13-15(21)2-1-3-16(13)22/h1-9H,10H2,(H,26,27). The van der Waals surface area contributed by atoms with Gasteiger partial charge >= 0.3 is 6.18 Å². The molecule has 0 fully saturated rings. The summed E-state index contributed by atoms with van der Waals surface area (Å²) in [6.07, 6.45) is -3.62. The summed E-state index contributed by atoms with van der Waals surface area (Å²) in [5.41, 5.74) is -1.31. The minimum absolute atomic E-state index is 0.0706. The van der Waals surface area contributed by atoms with Crippen LogP contribution in [0.1, 0.15) is 11.1 Å². The summed E-state index contributed by atoms with van der Waals surface area (Å²) >= 11 is 0. The van der Waals surface area contributed by atoms with Gasteiger partial charge in [-0.3, -0.25) is 0 Å². The maximum Gasteiger partial charge on any atom is 0.419 e. The third kappa shape index (κ3) is 4.54. The molecule has 0 aliphatic heterocycles. The summed E-state index contributed by atoms with van der Waals surface area (Å²) in [4.78, 5) is 3.91. The maximum absolute atomic E-state index is 13.6. The molecule has 3 nitrogen and oxygen atoms in total. The van der Waals surface area contributed by atoms with Crippen LogP contribution in [0.5, 0.6) is 11.5 Å². The molecular weight excluding hydrogens is 386 g/mol. The first kappa shape index (κ1) is 19.5. The minimum atomic E-state index is -4.72. The van der Waals surface area contributed by atoms with E-state index in [1.165, 1.54) is 18.2 Å². The molecule has 146 valence electrons. The number of benzene rings is 2. The Kier molecular flexibility index (Phi) is 5.43. The number of ether oxygens (including phenoxy) is 1. The molecule has 0 radical (unpaired) electrons. The van der Waals surface area contributed by atoms with E-state index in [1.807, 2.05) is 0 Å². The Morgan fingerprint density at radius 3 is 2.25 bits per heavy atom. The van der Waals surface area contributed by atoms with Crippen LogP contribution in [0.4, 0.5) is 32.2 Å². The molecule has 0 aliphatic carbocycles. The van der Waals surface area contributed by atoms with Gasteiger partial charge in [0.15, 0.2) is 0 Å². The predicted molar refractivity (Wildman–Crippen MR) is 89.4 cm³/mol. The smallest absolute Gasteiger partial charge is 0.419 e. The Bertz CT molecular complexity index is 953. The molecule has 3 rings (SSSR count). The molecule has 9 heteroatoms. The molecule has 0 atom stereocenters. The molecule has 1 aromatic heterocycles. The van der Waals surface area contributed by atoms with Gasteiger partial charge in [0.05, 0.1) is 11.8 Å². The molecule has 0 saturated heterocycles. The lowest BCUT2D eigenvalue weighted by molar-refractivity contribution is -0.138. The summed E-state index contributed by atoms with van der Waals surface area (Å²) in [5.74, 6) is -2.90. The van der Waals surface area contributed by atoms with Gasteiger partial charge < -0.3 is 10.1 Å². The minimum Gasteiger partial charge on any atom is -0.455 e. The molecule has 0 unspecified atom stereocenters. The predicted octanol–water partition coefficient (Wildman–Crippen LogP) is 5.92. The number of nitrogens with one attached hydrogen (secondary N) is 1. The molecule has 2 aromatic carbocycles. The first-order chi connectivity index (χ1) is 13.2. The maximum atomic E-state index is 13.6. The lowest BCUT2D eigenvalue weighted by Crippen LogP contribution is -2.08. The van der Waals surface area contributed by atoms with E-state index in [4.69, 9.17) is 4.74 Å². The highest BCUT2D eigenvalue weighted by Crippen LogP contribution is 2.38. The van der Waals surface area contributed by atoms with Crippen LogP contribution in [0.25, 0.3) is 0 Å². The number of halogens is 6. The van der Waals surface area contributed by atoms with Crippen molar-refractivity contribution in [3.8, 4) is 11.5 Å². The van der Waals surface area contributed by atoms with Gasteiger partial charge in [0.1, 0.15) is 34.8 Å². The van der Waals surface area contributed by atoms with E-state index in [1.54, 1.807) is 0 Å².